The highest BCUT2D eigenvalue weighted by Crippen LogP contribution is 2.43. The molecule has 0 spiro atoms. The molecule has 110 valence electrons. The number of rotatable bonds is 3. The van der Waals surface area contributed by atoms with E-state index < -0.39 is 5.60 Å². The minimum atomic E-state index is -0.498. The van der Waals surface area contributed by atoms with Crippen molar-refractivity contribution in [2.45, 2.75) is 18.8 Å². The van der Waals surface area contributed by atoms with Crippen LogP contribution < -0.4 is 0 Å². The van der Waals surface area contributed by atoms with E-state index in [0.29, 0.717) is 13.2 Å². The van der Waals surface area contributed by atoms with Crippen LogP contribution in [0.3, 0.4) is 0 Å². The average molecular weight is 311 g/mol. The second-order valence-corrected chi connectivity index (χ2v) is 5.95. The van der Waals surface area contributed by atoms with Gasteiger partial charge in [0.1, 0.15) is 5.60 Å². The maximum Gasteiger partial charge on any atom is 0.137 e. The topological polar surface area (TPSA) is 27.1 Å². The van der Waals surface area contributed by atoms with Gasteiger partial charge in [-0.2, -0.15) is 0 Å². The van der Waals surface area contributed by atoms with Gasteiger partial charge in [-0.1, -0.05) is 48.0 Å². The molecule has 3 nitrogen and oxygen atoms in total. The van der Waals surface area contributed by atoms with E-state index in [9.17, 15) is 0 Å². The molecule has 0 amide bonds. The normalized spacial score (nSPS) is 20.0. The summed E-state index contributed by atoms with van der Waals surface area (Å²) in [5, 5.41) is 0.729. The summed E-state index contributed by atoms with van der Waals surface area (Å²) in [6, 6.07) is 16.3. The predicted octanol–water partition coefficient (Wildman–Crippen LogP) is 4.01. The molecular weight excluding hydrogens is 296 g/mol. The molecule has 3 aromatic rings. The van der Waals surface area contributed by atoms with Crippen molar-refractivity contribution in [2.75, 3.05) is 0 Å². The molecule has 0 radical (unpaired) electrons. The fourth-order valence-corrected chi connectivity index (χ4v) is 3.26. The van der Waals surface area contributed by atoms with Gasteiger partial charge in [0.2, 0.25) is 0 Å². The Balaban J connectivity index is 1.87. The maximum atomic E-state index is 6.32. The van der Waals surface area contributed by atoms with Gasteiger partial charge in [-0.05, 0) is 28.8 Å². The van der Waals surface area contributed by atoms with E-state index in [2.05, 4.69) is 33.8 Å². The maximum absolute atomic E-state index is 6.32. The van der Waals surface area contributed by atoms with Crippen LogP contribution in [0.15, 0.2) is 67.3 Å². The van der Waals surface area contributed by atoms with Gasteiger partial charge in [0.05, 0.1) is 19.5 Å². The summed E-state index contributed by atoms with van der Waals surface area (Å²) in [6.45, 7) is 1.30. The van der Waals surface area contributed by atoms with Crippen LogP contribution in [-0.2, 0) is 23.5 Å². The average Bonchev–Trinajstić information content (AvgIpc) is 3.18. The molecule has 1 aliphatic heterocycles. The van der Waals surface area contributed by atoms with Crippen LogP contribution in [-0.4, -0.2) is 9.55 Å². The molecule has 0 N–H and O–H groups in total. The molecule has 4 heteroatoms. The monoisotopic (exact) mass is 310 g/mol. The summed E-state index contributed by atoms with van der Waals surface area (Å²) in [5.41, 5.74) is 3.06. The van der Waals surface area contributed by atoms with E-state index in [4.69, 9.17) is 16.3 Å². The molecule has 1 aromatic heterocycles. The fourth-order valence-electron chi connectivity index (χ4n) is 3.14. The van der Waals surface area contributed by atoms with Crippen molar-refractivity contribution in [3.05, 3.63) is 89.0 Å². The molecule has 1 aliphatic rings. The summed E-state index contributed by atoms with van der Waals surface area (Å²) in [4.78, 5) is 4.15. The molecule has 0 bridgehead atoms. The Morgan fingerprint density at radius 2 is 1.95 bits per heavy atom. The van der Waals surface area contributed by atoms with Gasteiger partial charge in [-0.25, -0.2) is 4.98 Å². The van der Waals surface area contributed by atoms with Gasteiger partial charge in [0.15, 0.2) is 0 Å². The quantitative estimate of drug-likeness (QED) is 0.731. The van der Waals surface area contributed by atoms with Crippen molar-refractivity contribution in [2.24, 2.45) is 0 Å². The third-order valence-corrected chi connectivity index (χ3v) is 4.45. The van der Waals surface area contributed by atoms with Crippen LogP contribution in [0.1, 0.15) is 16.7 Å². The lowest BCUT2D eigenvalue weighted by atomic mass is 9.85. The number of halogens is 1. The van der Waals surface area contributed by atoms with Gasteiger partial charge in [-0.15, -0.1) is 0 Å². The van der Waals surface area contributed by atoms with Crippen molar-refractivity contribution in [3.63, 3.8) is 0 Å². The predicted molar refractivity (Wildman–Crippen MR) is 85.7 cm³/mol. The fraction of sp³-hybridized carbons (Fsp3) is 0.167. The van der Waals surface area contributed by atoms with Gasteiger partial charge < -0.3 is 9.30 Å². The number of imidazole rings is 1. The molecule has 1 atom stereocenters. The standard InChI is InChI=1S/C18H15ClN2O/c19-16-7-5-15(6-8-16)18(12-21-10-9-20-13-21)17-4-2-1-3-14(17)11-22-18/h1-10,13H,11-12H2/t18-/m0/s1. The van der Waals surface area contributed by atoms with E-state index >= 15 is 0 Å². The summed E-state index contributed by atoms with van der Waals surface area (Å²) in [7, 11) is 0. The first-order valence-electron chi connectivity index (χ1n) is 7.22. The summed E-state index contributed by atoms with van der Waals surface area (Å²) in [6.07, 6.45) is 5.57. The van der Waals surface area contributed by atoms with Crippen LogP contribution in [0.25, 0.3) is 0 Å². The number of ether oxygens (including phenoxy) is 1. The van der Waals surface area contributed by atoms with E-state index in [-0.39, 0.29) is 0 Å². The van der Waals surface area contributed by atoms with Crippen molar-refractivity contribution in [3.8, 4) is 0 Å². The first-order chi connectivity index (χ1) is 10.8. The minimum absolute atomic E-state index is 0.498. The summed E-state index contributed by atoms with van der Waals surface area (Å²) < 4.78 is 8.37. The molecule has 0 aliphatic carbocycles. The van der Waals surface area contributed by atoms with Gasteiger partial charge in [-0.3, -0.25) is 0 Å². The van der Waals surface area contributed by atoms with E-state index in [1.54, 1.807) is 6.20 Å². The Kier molecular flexibility index (Phi) is 3.25. The number of fused-ring (bicyclic) bond motifs is 1. The second-order valence-electron chi connectivity index (χ2n) is 5.51. The molecule has 0 saturated heterocycles. The Morgan fingerprint density at radius 1 is 1.14 bits per heavy atom. The van der Waals surface area contributed by atoms with Gasteiger partial charge in [0, 0.05) is 17.4 Å². The van der Waals surface area contributed by atoms with Crippen molar-refractivity contribution in [1.29, 1.82) is 0 Å². The number of nitrogens with zero attached hydrogens (tertiary/aromatic N) is 2. The molecular formula is C18H15ClN2O. The van der Waals surface area contributed by atoms with Gasteiger partial charge >= 0.3 is 0 Å². The Hall–Kier alpha value is -2.10. The van der Waals surface area contributed by atoms with E-state index in [1.165, 1.54) is 11.1 Å². The number of hydrogen-bond acceptors (Lipinski definition) is 2. The highest BCUT2D eigenvalue weighted by molar-refractivity contribution is 6.30. The number of aromatic nitrogens is 2. The third kappa shape index (κ3) is 2.14. The lowest BCUT2D eigenvalue weighted by Gasteiger charge is -2.31. The van der Waals surface area contributed by atoms with Crippen LogP contribution in [0, 0.1) is 0 Å². The van der Waals surface area contributed by atoms with Crippen LogP contribution >= 0.6 is 11.6 Å². The Morgan fingerprint density at radius 3 is 2.73 bits per heavy atom. The first kappa shape index (κ1) is 13.6. The number of benzene rings is 2. The SMILES string of the molecule is Clc1ccc([C@]2(Cn3ccnc3)OCc3ccccc32)cc1. The molecule has 22 heavy (non-hydrogen) atoms. The highest BCUT2D eigenvalue weighted by atomic mass is 35.5. The third-order valence-electron chi connectivity index (χ3n) is 4.20. The summed E-state index contributed by atoms with van der Waals surface area (Å²) in [5.74, 6) is 0. The first-order valence-corrected chi connectivity index (χ1v) is 7.60. The van der Waals surface area contributed by atoms with E-state index in [1.807, 2.05) is 36.8 Å². The van der Waals surface area contributed by atoms with Crippen molar-refractivity contribution in [1.82, 2.24) is 9.55 Å². The Labute approximate surface area is 134 Å². The molecule has 0 unspecified atom stereocenters. The van der Waals surface area contributed by atoms with Crippen LogP contribution in [0.4, 0.5) is 0 Å². The smallest absolute Gasteiger partial charge is 0.137 e. The lowest BCUT2D eigenvalue weighted by Crippen LogP contribution is -2.32. The summed E-state index contributed by atoms with van der Waals surface area (Å²) >= 11 is 6.05. The molecule has 0 saturated carbocycles. The molecule has 4 rings (SSSR count). The van der Waals surface area contributed by atoms with Crippen LogP contribution in [0.5, 0.6) is 0 Å². The van der Waals surface area contributed by atoms with Crippen molar-refractivity contribution < 1.29 is 4.74 Å². The molecule has 2 aromatic carbocycles. The van der Waals surface area contributed by atoms with Crippen LogP contribution in [0.2, 0.25) is 5.02 Å². The highest BCUT2D eigenvalue weighted by Gasteiger charge is 2.41. The minimum Gasteiger partial charge on any atom is -0.359 e. The van der Waals surface area contributed by atoms with E-state index in [0.717, 1.165) is 10.6 Å². The largest absolute Gasteiger partial charge is 0.359 e. The van der Waals surface area contributed by atoms with Crippen molar-refractivity contribution >= 4 is 11.6 Å². The zero-order valence-corrected chi connectivity index (χ0v) is 12.7. The lowest BCUT2D eigenvalue weighted by molar-refractivity contribution is -0.0180. The molecule has 2 heterocycles. The Bertz CT molecular complexity index is 783. The number of hydrogen-bond donors (Lipinski definition) is 0. The zero-order valence-electron chi connectivity index (χ0n) is 11.9. The zero-order chi connectivity index (χ0) is 15.0. The van der Waals surface area contributed by atoms with Gasteiger partial charge in [0.25, 0.3) is 0 Å². The molecule has 0 fully saturated rings. The second kappa shape index (κ2) is 5.27.